The maximum Gasteiger partial charge on any atom is 0.228 e. The van der Waals surface area contributed by atoms with Gasteiger partial charge < -0.3 is 10.2 Å². The minimum Gasteiger partial charge on any atom is -0.340 e. The highest BCUT2D eigenvalue weighted by Gasteiger charge is 2.23. The van der Waals surface area contributed by atoms with Gasteiger partial charge in [-0.05, 0) is 45.0 Å². The first-order chi connectivity index (χ1) is 8.81. The fourth-order valence-corrected chi connectivity index (χ4v) is 2.52. The van der Waals surface area contributed by atoms with Gasteiger partial charge in [0, 0.05) is 24.5 Å². The lowest BCUT2D eigenvalue weighted by Crippen LogP contribution is -2.46. The van der Waals surface area contributed by atoms with Crippen LogP contribution in [0.2, 0.25) is 0 Å². The molecular formula is C14H21N3O. The summed E-state index contributed by atoms with van der Waals surface area (Å²) in [6, 6.07) is 6.11. The Morgan fingerprint density at radius 1 is 1.44 bits per heavy atom. The molecule has 0 spiro atoms. The van der Waals surface area contributed by atoms with E-state index in [1.807, 2.05) is 23.1 Å². The monoisotopic (exact) mass is 247 g/mol. The van der Waals surface area contributed by atoms with E-state index < -0.39 is 0 Å². The molecule has 1 aliphatic heterocycles. The molecule has 1 fully saturated rings. The molecule has 0 bridgehead atoms. The van der Waals surface area contributed by atoms with Crippen LogP contribution in [-0.4, -0.2) is 41.5 Å². The number of rotatable bonds is 4. The SMILES string of the molecule is CCN(C(=O)Cc1ccccn1)C1CCNCC1. The van der Waals surface area contributed by atoms with Gasteiger partial charge in [-0.25, -0.2) is 0 Å². The Bertz CT molecular complexity index is 374. The van der Waals surface area contributed by atoms with Crippen LogP contribution in [0.25, 0.3) is 0 Å². The second kappa shape index (κ2) is 6.50. The van der Waals surface area contributed by atoms with Gasteiger partial charge in [-0.1, -0.05) is 6.07 Å². The maximum absolute atomic E-state index is 12.3. The van der Waals surface area contributed by atoms with Crippen LogP contribution in [0, 0.1) is 0 Å². The first-order valence-corrected chi connectivity index (χ1v) is 6.71. The number of aromatic nitrogens is 1. The van der Waals surface area contributed by atoms with Gasteiger partial charge in [-0.3, -0.25) is 9.78 Å². The summed E-state index contributed by atoms with van der Waals surface area (Å²) >= 11 is 0. The average Bonchev–Trinajstić information content (AvgIpc) is 2.42. The Morgan fingerprint density at radius 3 is 2.83 bits per heavy atom. The minimum atomic E-state index is 0.197. The minimum absolute atomic E-state index is 0.197. The van der Waals surface area contributed by atoms with Crippen molar-refractivity contribution < 1.29 is 4.79 Å². The van der Waals surface area contributed by atoms with E-state index >= 15 is 0 Å². The first kappa shape index (κ1) is 13.0. The Kier molecular flexibility index (Phi) is 4.70. The van der Waals surface area contributed by atoms with Crippen molar-refractivity contribution in [3.05, 3.63) is 30.1 Å². The molecule has 1 amide bonds. The molecular weight excluding hydrogens is 226 g/mol. The largest absolute Gasteiger partial charge is 0.340 e. The van der Waals surface area contributed by atoms with Crippen molar-refractivity contribution in [3.8, 4) is 0 Å². The Morgan fingerprint density at radius 2 is 2.22 bits per heavy atom. The van der Waals surface area contributed by atoms with Gasteiger partial charge in [0.1, 0.15) is 0 Å². The maximum atomic E-state index is 12.3. The van der Waals surface area contributed by atoms with Crippen LogP contribution in [0.15, 0.2) is 24.4 Å². The lowest BCUT2D eigenvalue weighted by molar-refractivity contribution is -0.133. The van der Waals surface area contributed by atoms with Crippen molar-refractivity contribution in [1.82, 2.24) is 15.2 Å². The summed E-state index contributed by atoms with van der Waals surface area (Å²) in [4.78, 5) is 18.5. The fourth-order valence-electron chi connectivity index (χ4n) is 2.52. The number of hydrogen-bond donors (Lipinski definition) is 1. The van der Waals surface area contributed by atoms with Crippen molar-refractivity contribution >= 4 is 5.91 Å². The van der Waals surface area contributed by atoms with Crippen LogP contribution in [0.1, 0.15) is 25.5 Å². The Hall–Kier alpha value is -1.42. The topological polar surface area (TPSA) is 45.2 Å². The molecule has 0 aliphatic carbocycles. The number of piperidine rings is 1. The second-order valence-corrected chi connectivity index (χ2v) is 4.66. The van der Waals surface area contributed by atoms with E-state index in [1.165, 1.54) is 0 Å². The number of amides is 1. The van der Waals surface area contributed by atoms with Crippen molar-refractivity contribution in [2.45, 2.75) is 32.2 Å². The molecule has 1 aliphatic rings. The summed E-state index contributed by atoms with van der Waals surface area (Å²) in [6.45, 7) is 4.87. The lowest BCUT2D eigenvalue weighted by atomic mass is 10.0. The van der Waals surface area contributed by atoms with Crippen LogP contribution in [0.3, 0.4) is 0 Å². The smallest absolute Gasteiger partial charge is 0.228 e. The Labute approximate surface area is 108 Å². The molecule has 98 valence electrons. The van der Waals surface area contributed by atoms with Gasteiger partial charge in [0.2, 0.25) is 5.91 Å². The van der Waals surface area contributed by atoms with Crippen LogP contribution in [0.5, 0.6) is 0 Å². The predicted octanol–water partition coefficient (Wildman–Crippen LogP) is 1.22. The number of carbonyl (C=O) groups excluding carboxylic acids is 1. The van der Waals surface area contributed by atoms with E-state index in [2.05, 4.69) is 17.2 Å². The second-order valence-electron chi connectivity index (χ2n) is 4.66. The fraction of sp³-hybridized carbons (Fsp3) is 0.571. The number of nitrogens with zero attached hydrogens (tertiary/aromatic N) is 2. The zero-order chi connectivity index (χ0) is 12.8. The summed E-state index contributed by atoms with van der Waals surface area (Å²) in [5.41, 5.74) is 0.856. The van der Waals surface area contributed by atoms with E-state index in [4.69, 9.17) is 0 Å². The molecule has 0 atom stereocenters. The first-order valence-electron chi connectivity index (χ1n) is 6.71. The third kappa shape index (κ3) is 3.29. The van der Waals surface area contributed by atoms with Gasteiger partial charge in [-0.15, -0.1) is 0 Å². The standard InChI is InChI=1S/C14H21N3O/c1-2-17(13-6-9-15-10-7-13)14(18)11-12-5-3-4-8-16-12/h3-5,8,13,15H,2,6-7,9-11H2,1H3. The number of hydrogen-bond acceptors (Lipinski definition) is 3. The molecule has 1 saturated heterocycles. The van der Waals surface area contributed by atoms with Crippen molar-refractivity contribution in [3.63, 3.8) is 0 Å². The van der Waals surface area contributed by atoms with Gasteiger partial charge in [-0.2, -0.15) is 0 Å². The summed E-state index contributed by atoms with van der Waals surface area (Å²) in [6.07, 6.45) is 4.27. The molecule has 4 heteroatoms. The van der Waals surface area contributed by atoms with E-state index in [9.17, 15) is 4.79 Å². The summed E-state index contributed by atoms with van der Waals surface area (Å²) in [5.74, 6) is 0.197. The third-order valence-electron chi connectivity index (χ3n) is 3.47. The molecule has 0 aromatic carbocycles. The quantitative estimate of drug-likeness (QED) is 0.870. The van der Waals surface area contributed by atoms with Gasteiger partial charge in [0.25, 0.3) is 0 Å². The molecule has 1 aromatic rings. The molecule has 0 unspecified atom stereocenters. The van der Waals surface area contributed by atoms with Crippen LogP contribution >= 0.6 is 0 Å². The van der Waals surface area contributed by atoms with E-state index in [0.29, 0.717) is 12.5 Å². The van der Waals surface area contributed by atoms with Crippen LogP contribution in [-0.2, 0) is 11.2 Å². The molecule has 4 nitrogen and oxygen atoms in total. The molecule has 2 heterocycles. The molecule has 0 saturated carbocycles. The summed E-state index contributed by atoms with van der Waals surface area (Å²) in [5, 5.41) is 3.33. The number of nitrogens with one attached hydrogen (secondary N) is 1. The van der Waals surface area contributed by atoms with Crippen LogP contribution in [0.4, 0.5) is 0 Å². The number of likely N-dealkylation sites (N-methyl/N-ethyl adjacent to an activating group) is 1. The van der Waals surface area contributed by atoms with Crippen LogP contribution < -0.4 is 5.32 Å². The van der Waals surface area contributed by atoms with Gasteiger partial charge in [0.15, 0.2) is 0 Å². The Balaban J connectivity index is 1.96. The summed E-state index contributed by atoms with van der Waals surface area (Å²) < 4.78 is 0. The summed E-state index contributed by atoms with van der Waals surface area (Å²) in [7, 11) is 0. The zero-order valence-electron chi connectivity index (χ0n) is 10.9. The van der Waals surface area contributed by atoms with E-state index in [-0.39, 0.29) is 5.91 Å². The third-order valence-corrected chi connectivity index (χ3v) is 3.47. The van der Waals surface area contributed by atoms with E-state index in [1.54, 1.807) is 6.20 Å². The number of pyridine rings is 1. The molecule has 2 rings (SSSR count). The zero-order valence-corrected chi connectivity index (χ0v) is 10.9. The van der Waals surface area contributed by atoms with Crippen molar-refractivity contribution in [1.29, 1.82) is 0 Å². The highest BCUT2D eigenvalue weighted by Crippen LogP contribution is 2.13. The van der Waals surface area contributed by atoms with Gasteiger partial charge in [0.05, 0.1) is 6.42 Å². The highest BCUT2D eigenvalue weighted by molar-refractivity contribution is 5.78. The van der Waals surface area contributed by atoms with Gasteiger partial charge >= 0.3 is 0 Å². The van der Waals surface area contributed by atoms with E-state index in [0.717, 1.165) is 38.2 Å². The normalized spacial score (nSPS) is 16.5. The molecule has 1 N–H and O–H groups in total. The molecule has 18 heavy (non-hydrogen) atoms. The van der Waals surface area contributed by atoms with Crippen molar-refractivity contribution in [2.75, 3.05) is 19.6 Å². The molecule has 0 radical (unpaired) electrons. The number of carbonyl (C=O) groups is 1. The predicted molar refractivity (Wildman–Crippen MR) is 71.2 cm³/mol. The molecule has 1 aromatic heterocycles. The highest BCUT2D eigenvalue weighted by atomic mass is 16.2. The lowest BCUT2D eigenvalue weighted by Gasteiger charge is -2.34. The van der Waals surface area contributed by atoms with Crippen molar-refractivity contribution in [2.24, 2.45) is 0 Å². The average molecular weight is 247 g/mol.